The van der Waals surface area contributed by atoms with Crippen LogP contribution in [0.3, 0.4) is 0 Å². The number of rotatable bonds is 5. The molecule has 1 atom stereocenters. The number of ether oxygens (including phenoxy) is 1. The van der Waals surface area contributed by atoms with Crippen LogP contribution in [0.1, 0.15) is 5.82 Å². The highest BCUT2D eigenvalue weighted by molar-refractivity contribution is 5.80. The zero-order valence-corrected chi connectivity index (χ0v) is 7.86. The maximum atomic E-state index is 11.3. The second-order valence-electron chi connectivity index (χ2n) is 2.61. The van der Waals surface area contributed by atoms with Gasteiger partial charge in [0, 0.05) is 13.7 Å². The van der Waals surface area contributed by atoms with Crippen LogP contribution in [0.15, 0.2) is 6.33 Å². The van der Waals surface area contributed by atoms with E-state index in [1.54, 1.807) is 0 Å². The molecule has 78 valence electrons. The summed E-state index contributed by atoms with van der Waals surface area (Å²) >= 11 is 0. The highest BCUT2D eigenvalue weighted by Crippen LogP contribution is 1.89. The van der Waals surface area contributed by atoms with Crippen molar-refractivity contribution in [1.29, 1.82) is 0 Å². The minimum atomic E-state index is -0.613. The van der Waals surface area contributed by atoms with Crippen molar-refractivity contribution in [3.05, 3.63) is 12.2 Å². The Balaban J connectivity index is 2.34. The second-order valence-corrected chi connectivity index (χ2v) is 2.61. The van der Waals surface area contributed by atoms with E-state index in [2.05, 4.69) is 20.5 Å². The zero-order valence-electron chi connectivity index (χ0n) is 7.86. The molecule has 7 nitrogen and oxygen atoms in total. The molecule has 4 N–H and O–H groups in total. The topological polar surface area (TPSA) is 106 Å². The highest BCUT2D eigenvalue weighted by atomic mass is 16.5. The van der Waals surface area contributed by atoms with Gasteiger partial charge in [0.05, 0.1) is 6.54 Å². The number of methoxy groups -OCH3 is 1. The summed E-state index contributed by atoms with van der Waals surface area (Å²) in [6.07, 6.45) is 0.760. The Hall–Kier alpha value is -1.47. The molecule has 0 aliphatic rings. The third kappa shape index (κ3) is 2.79. The first-order valence-corrected chi connectivity index (χ1v) is 4.12. The van der Waals surface area contributed by atoms with Crippen molar-refractivity contribution in [2.75, 3.05) is 13.7 Å². The quantitative estimate of drug-likeness (QED) is 0.529. The van der Waals surface area contributed by atoms with Gasteiger partial charge in [0.2, 0.25) is 0 Å². The number of aromatic amines is 1. The van der Waals surface area contributed by atoms with Gasteiger partial charge in [-0.25, -0.2) is 4.98 Å². The first kappa shape index (κ1) is 10.6. The summed E-state index contributed by atoms with van der Waals surface area (Å²) in [6.45, 7) is 0.442. The summed E-state index contributed by atoms with van der Waals surface area (Å²) in [5.41, 5.74) is 5.31. The Labute approximate surface area is 81.0 Å². The number of amides is 1. The summed E-state index contributed by atoms with van der Waals surface area (Å²) in [5, 5.41) is 8.87. The predicted octanol–water partition coefficient (Wildman–Crippen LogP) is -1.61. The molecule has 0 aliphatic carbocycles. The second kappa shape index (κ2) is 5.30. The molecule has 0 spiro atoms. The molecule has 14 heavy (non-hydrogen) atoms. The van der Waals surface area contributed by atoms with Gasteiger partial charge in [0.15, 0.2) is 0 Å². The van der Waals surface area contributed by atoms with Crippen molar-refractivity contribution in [1.82, 2.24) is 20.5 Å². The normalized spacial score (nSPS) is 12.4. The Morgan fingerprint density at radius 1 is 1.86 bits per heavy atom. The van der Waals surface area contributed by atoms with Crippen LogP contribution in [-0.2, 0) is 16.1 Å². The number of nitrogens with zero attached hydrogens (tertiary/aromatic N) is 2. The average Bonchev–Trinajstić information content (AvgIpc) is 2.69. The van der Waals surface area contributed by atoms with E-state index in [9.17, 15) is 4.79 Å². The first-order valence-electron chi connectivity index (χ1n) is 4.12. The number of nitrogens with one attached hydrogen (secondary N) is 2. The summed E-state index contributed by atoms with van der Waals surface area (Å²) in [7, 11) is 1.44. The Morgan fingerprint density at radius 2 is 2.64 bits per heavy atom. The predicted molar refractivity (Wildman–Crippen MR) is 48.1 cm³/mol. The van der Waals surface area contributed by atoms with Crippen molar-refractivity contribution >= 4 is 5.91 Å². The molecule has 0 radical (unpaired) electrons. The van der Waals surface area contributed by atoms with E-state index in [1.807, 2.05) is 0 Å². The van der Waals surface area contributed by atoms with Gasteiger partial charge in [-0.05, 0) is 0 Å². The number of nitrogens with two attached hydrogens (primary N) is 1. The van der Waals surface area contributed by atoms with Crippen LogP contribution in [0.25, 0.3) is 0 Å². The molecule has 0 saturated carbocycles. The fourth-order valence-corrected chi connectivity index (χ4v) is 0.911. The van der Waals surface area contributed by atoms with Gasteiger partial charge >= 0.3 is 0 Å². The van der Waals surface area contributed by atoms with Crippen molar-refractivity contribution in [2.24, 2.45) is 5.73 Å². The maximum absolute atomic E-state index is 11.3. The van der Waals surface area contributed by atoms with E-state index in [-0.39, 0.29) is 12.5 Å². The molecular formula is C7H13N5O2. The minimum absolute atomic E-state index is 0.152. The molecule has 1 amide bonds. The molecular weight excluding hydrogens is 186 g/mol. The third-order valence-electron chi connectivity index (χ3n) is 1.69. The minimum Gasteiger partial charge on any atom is -0.370 e. The number of aromatic nitrogens is 3. The van der Waals surface area contributed by atoms with Crippen molar-refractivity contribution < 1.29 is 9.53 Å². The Kier molecular flexibility index (Phi) is 4.02. The number of H-pyrrole nitrogens is 1. The number of hydrogen-bond donors (Lipinski definition) is 3. The summed E-state index contributed by atoms with van der Waals surface area (Å²) in [5.74, 6) is 0.330. The van der Waals surface area contributed by atoms with E-state index < -0.39 is 6.10 Å². The molecule has 1 heterocycles. The van der Waals surface area contributed by atoms with E-state index in [1.165, 1.54) is 13.4 Å². The monoisotopic (exact) mass is 199 g/mol. The molecule has 7 heteroatoms. The molecule has 0 fully saturated rings. The molecule has 1 aromatic rings. The lowest BCUT2D eigenvalue weighted by atomic mass is 10.3. The summed E-state index contributed by atoms with van der Waals surface area (Å²) in [4.78, 5) is 15.2. The van der Waals surface area contributed by atoms with Crippen molar-refractivity contribution in [2.45, 2.75) is 12.6 Å². The lowest BCUT2D eigenvalue weighted by Crippen LogP contribution is -2.40. The highest BCUT2D eigenvalue weighted by Gasteiger charge is 2.15. The fraction of sp³-hybridized carbons (Fsp3) is 0.571. The third-order valence-corrected chi connectivity index (χ3v) is 1.69. The lowest BCUT2D eigenvalue weighted by molar-refractivity contribution is -0.130. The average molecular weight is 199 g/mol. The van der Waals surface area contributed by atoms with Crippen LogP contribution >= 0.6 is 0 Å². The lowest BCUT2D eigenvalue weighted by Gasteiger charge is -2.11. The zero-order chi connectivity index (χ0) is 10.4. The maximum Gasteiger partial charge on any atom is 0.250 e. The standard InChI is InChI=1S/C7H13N5O2/c1-14-5(2-8)7(13)9-3-6-10-4-11-12-6/h4-5H,2-3,8H2,1H3,(H,9,13)(H,10,11,12). The van der Waals surface area contributed by atoms with Gasteiger partial charge in [0.1, 0.15) is 18.3 Å². The molecule has 0 aliphatic heterocycles. The van der Waals surface area contributed by atoms with Gasteiger partial charge in [-0.2, -0.15) is 5.10 Å². The van der Waals surface area contributed by atoms with E-state index in [0.29, 0.717) is 12.4 Å². The van der Waals surface area contributed by atoms with Crippen LogP contribution in [0.2, 0.25) is 0 Å². The molecule has 0 bridgehead atoms. The van der Waals surface area contributed by atoms with E-state index in [0.717, 1.165) is 0 Å². The van der Waals surface area contributed by atoms with Crippen LogP contribution in [0.5, 0.6) is 0 Å². The van der Waals surface area contributed by atoms with Gasteiger partial charge in [-0.15, -0.1) is 0 Å². The van der Waals surface area contributed by atoms with Crippen LogP contribution in [0.4, 0.5) is 0 Å². The fourth-order valence-electron chi connectivity index (χ4n) is 0.911. The van der Waals surface area contributed by atoms with Crippen molar-refractivity contribution in [3.63, 3.8) is 0 Å². The van der Waals surface area contributed by atoms with Crippen LogP contribution in [0, 0.1) is 0 Å². The SMILES string of the molecule is COC(CN)C(=O)NCc1ncn[nH]1. The molecule has 0 saturated heterocycles. The van der Waals surface area contributed by atoms with E-state index >= 15 is 0 Å². The van der Waals surface area contributed by atoms with Gasteiger partial charge < -0.3 is 15.8 Å². The Morgan fingerprint density at radius 3 is 3.14 bits per heavy atom. The molecule has 0 aromatic carbocycles. The number of carbonyl (C=O) groups is 1. The van der Waals surface area contributed by atoms with Gasteiger partial charge in [-0.3, -0.25) is 9.89 Å². The van der Waals surface area contributed by atoms with Gasteiger partial charge in [-0.1, -0.05) is 0 Å². The van der Waals surface area contributed by atoms with E-state index in [4.69, 9.17) is 10.5 Å². The molecule has 1 aromatic heterocycles. The largest absolute Gasteiger partial charge is 0.370 e. The number of carbonyl (C=O) groups excluding carboxylic acids is 1. The van der Waals surface area contributed by atoms with Crippen molar-refractivity contribution in [3.8, 4) is 0 Å². The summed E-state index contributed by atoms with van der Waals surface area (Å²) in [6, 6.07) is 0. The molecule has 1 unspecified atom stereocenters. The van der Waals surface area contributed by atoms with Gasteiger partial charge in [0.25, 0.3) is 5.91 Å². The Bertz CT molecular complexity index is 270. The first-order chi connectivity index (χ1) is 6.77. The number of hydrogen-bond acceptors (Lipinski definition) is 5. The smallest absolute Gasteiger partial charge is 0.250 e. The van der Waals surface area contributed by atoms with Crippen LogP contribution in [-0.4, -0.2) is 40.8 Å². The molecule has 1 rings (SSSR count). The summed E-state index contributed by atoms with van der Waals surface area (Å²) < 4.78 is 4.85. The van der Waals surface area contributed by atoms with Crippen LogP contribution < -0.4 is 11.1 Å².